The molecular formula is C31H37Cl2N3O7S. The minimum atomic E-state index is -4.45. The second-order valence-electron chi connectivity index (χ2n) is 9.95. The molecule has 3 aromatic carbocycles. The van der Waals surface area contributed by atoms with E-state index < -0.39 is 34.4 Å². The van der Waals surface area contributed by atoms with Gasteiger partial charge in [-0.1, -0.05) is 48.3 Å². The highest BCUT2D eigenvalue weighted by molar-refractivity contribution is 7.92. The lowest BCUT2D eigenvalue weighted by Gasteiger charge is -2.33. The van der Waals surface area contributed by atoms with Crippen molar-refractivity contribution in [2.24, 2.45) is 0 Å². The van der Waals surface area contributed by atoms with Gasteiger partial charge in [0.1, 0.15) is 18.3 Å². The number of hydrogen-bond donors (Lipinski definition) is 1. The van der Waals surface area contributed by atoms with Crippen molar-refractivity contribution in [3.05, 3.63) is 76.3 Å². The predicted octanol–water partition coefficient (Wildman–Crippen LogP) is 5.55. The molecule has 0 radical (unpaired) electrons. The molecule has 0 heterocycles. The monoisotopic (exact) mass is 665 g/mol. The zero-order chi connectivity index (χ0) is 32.6. The van der Waals surface area contributed by atoms with E-state index in [2.05, 4.69) is 5.32 Å². The fraction of sp³-hybridized carbons (Fsp3) is 0.355. The number of rotatable bonds is 14. The zero-order valence-electron chi connectivity index (χ0n) is 25.5. The summed E-state index contributed by atoms with van der Waals surface area (Å²) in [6.45, 7) is 4.62. The van der Waals surface area contributed by atoms with Gasteiger partial charge in [0.15, 0.2) is 11.5 Å². The van der Waals surface area contributed by atoms with Crippen LogP contribution in [0.2, 0.25) is 10.0 Å². The van der Waals surface area contributed by atoms with E-state index in [0.717, 1.165) is 4.31 Å². The van der Waals surface area contributed by atoms with Gasteiger partial charge in [-0.15, -0.1) is 0 Å². The molecule has 0 saturated carbocycles. The minimum absolute atomic E-state index is 0.0255. The van der Waals surface area contributed by atoms with E-state index >= 15 is 0 Å². The molecule has 0 bridgehead atoms. The Hall–Kier alpha value is -3.67. The summed E-state index contributed by atoms with van der Waals surface area (Å²) in [5, 5.41) is 3.51. The van der Waals surface area contributed by atoms with Gasteiger partial charge in [0, 0.05) is 28.7 Å². The number of halogens is 2. The molecule has 0 saturated heterocycles. The van der Waals surface area contributed by atoms with Gasteiger partial charge in [-0.05, 0) is 62.2 Å². The second-order valence-corrected chi connectivity index (χ2v) is 12.7. The molecule has 13 heteroatoms. The summed E-state index contributed by atoms with van der Waals surface area (Å²) in [7, 11) is -0.265. The summed E-state index contributed by atoms with van der Waals surface area (Å²) in [5.74, 6) is -0.404. The Morgan fingerprint density at radius 1 is 0.886 bits per heavy atom. The van der Waals surface area contributed by atoms with Crippen molar-refractivity contribution in [1.82, 2.24) is 10.2 Å². The molecule has 2 atom stereocenters. The van der Waals surface area contributed by atoms with Gasteiger partial charge in [-0.2, -0.15) is 0 Å². The number of ether oxygens (including phenoxy) is 3. The van der Waals surface area contributed by atoms with Crippen LogP contribution in [0, 0.1) is 0 Å². The zero-order valence-corrected chi connectivity index (χ0v) is 27.8. The standard InChI is InChI=1S/C31H37Cl2N3O7S/c1-7-20(2)34-31(38)21(3)35(18-22-10-8-9-11-25(22)33)30(37)19-36(26-16-23(32)12-14-27(26)41-4)44(39,40)24-13-15-28(42-5)29(17-24)43-6/h8-17,20-21H,7,18-19H2,1-6H3,(H,34,38)/t20-,21-/m1/s1. The van der Waals surface area contributed by atoms with Crippen molar-refractivity contribution in [3.63, 3.8) is 0 Å². The molecule has 3 aromatic rings. The van der Waals surface area contributed by atoms with Gasteiger partial charge in [0.05, 0.1) is 31.9 Å². The molecule has 0 spiro atoms. The van der Waals surface area contributed by atoms with Crippen molar-refractivity contribution in [1.29, 1.82) is 0 Å². The van der Waals surface area contributed by atoms with Gasteiger partial charge in [-0.3, -0.25) is 13.9 Å². The van der Waals surface area contributed by atoms with Gasteiger partial charge < -0.3 is 24.4 Å². The highest BCUT2D eigenvalue weighted by atomic mass is 35.5. The molecule has 44 heavy (non-hydrogen) atoms. The first-order chi connectivity index (χ1) is 20.9. The van der Waals surface area contributed by atoms with Crippen LogP contribution in [0.3, 0.4) is 0 Å². The topological polar surface area (TPSA) is 114 Å². The Morgan fingerprint density at radius 3 is 2.14 bits per heavy atom. The molecule has 0 aliphatic carbocycles. The Balaban J connectivity index is 2.15. The molecule has 0 aromatic heterocycles. The van der Waals surface area contributed by atoms with Crippen LogP contribution in [0.1, 0.15) is 32.8 Å². The fourth-order valence-corrected chi connectivity index (χ4v) is 6.13. The smallest absolute Gasteiger partial charge is 0.265 e. The Morgan fingerprint density at radius 2 is 1.52 bits per heavy atom. The molecule has 0 unspecified atom stereocenters. The first-order valence-electron chi connectivity index (χ1n) is 13.8. The number of nitrogens with zero attached hydrogens (tertiary/aromatic N) is 2. The molecule has 2 amide bonds. The van der Waals surface area contributed by atoms with Crippen LogP contribution in [-0.4, -0.2) is 65.1 Å². The number of anilines is 1. The molecule has 0 aliphatic rings. The van der Waals surface area contributed by atoms with Crippen LogP contribution in [0.15, 0.2) is 65.6 Å². The summed E-state index contributed by atoms with van der Waals surface area (Å²) in [6.07, 6.45) is 0.683. The highest BCUT2D eigenvalue weighted by Gasteiger charge is 2.35. The van der Waals surface area contributed by atoms with Crippen LogP contribution in [-0.2, 0) is 26.2 Å². The van der Waals surface area contributed by atoms with Crippen LogP contribution < -0.4 is 23.8 Å². The van der Waals surface area contributed by atoms with E-state index in [4.69, 9.17) is 37.4 Å². The van der Waals surface area contributed by atoms with E-state index in [-0.39, 0.29) is 39.7 Å². The van der Waals surface area contributed by atoms with E-state index in [1.165, 1.54) is 62.6 Å². The largest absolute Gasteiger partial charge is 0.495 e. The van der Waals surface area contributed by atoms with Crippen LogP contribution in [0.5, 0.6) is 17.2 Å². The highest BCUT2D eigenvalue weighted by Crippen LogP contribution is 2.37. The summed E-state index contributed by atoms with van der Waals surface area (Å²) < 4.78 is 45.6. The van der Waals surface area contributed by atoms with Gasteiger partial charge in [0.25, 0.3) is 10.0 Å². The third-order valence-corrected chi connectivity index (χ3v) is 9.46. The lowest BCUT2D eigenvalue weighted by molar-refractivity contribution is -0.139. The second kappa shape index (κ2) is 15.4. The summed E-state index contributed by atoms with van der Waals surface area (Å²) in [4.78, 5) is 28.6. The predicted molar refractivity (Wildman–Crippen MR) is 171 cm³/mol. The fourth-order valence-electron chi connectivity index (χ4n) is 4.33. The Labute approximate surface area is 268 Å². The van der Waals surface area contributed by atoms with Crippen LogP contribution in [0.4, 0.5) is 5.69 Å². The number of sulfonamides is 1. The lowest BCUT2D eigenvalue weighted by Crippen LogP contribution is -2.52. The molecule has 0 fully saturated rings. The van der Waals surface area contributed by atoms with Crippen molar-refractivity contribution >= 4 is 50.7 Å². The lowest BCUT2D eigenvalue weighted by atomic mass is 10.1. The van der Waals surface area contributed by atoms with Crippen molar-refractivity contribution in [2.45, 2.75) is 50.7 Å². The number of hydrogen-bond acceptors (Lipinski definition) is 7. The van der Waals surface area contributed by atoms with Gasteiger partial charge in [-0.25, -0.2) is 8.42 Å². The summed E-state index contributed by atoms with van der Waals surface area (Å²) in [5.41, 5.74) is 0.609. The maximum absolute atomic E-state index is 14.3. The SMILES string of the molecule is CC[C@@H](C)NC(=O)[C@@H](C)N(Cc1ccccc1Cl)C(=O)CN(c1cc(Cl)ccc1OC)S(=O)(=O)c1ccc(OC)c(OC)c1. The van der Waals surface area contributed by atoms with E-state index in [1.807, 2.05) is 13.8 Å². The quantitative estimate of drug-likeness (QED) is 0.240. The minimum Gasteiger partial charge on any atom is -0.495 e. The molecule has 10 nitrogen and oxygen atoms in total. The molecular weight excluding hydrogens is 629 g/mol. The van der Waals surface area contributed by atoms with E-state index in [1.54, 1.807) is 31.2 Å². The van der Waals surface area contributed by atoms with Gasteiger partial charge >= 0.3 is 0 Å². The summed E-state index contributed by atoms with van der Waals surface area (Å²) in [6, 6.07) is 14.3. The first-order valence-corrected chi connectivity index (χ1v) is 16.0. The number of carbonyl (C=O) groups excluding carboxylic acids is 2. The van der Waals surface area contributed by atoms with Crippen molar-refractivity contribution in [3.8, 4) is 17.2 Å². The molecule has 0 aliphatic heterocycles. The third kappa shape index (κ3) is 8.08. The average Bonchev–Trinajstić information content (AvgIpc) is 3.02. The summed E-state index contributed by atoms with van der Waals surface area (Å²) >= 11 is 12.7. The maximum atomic E-state index is 14.3. The normalized spacial score (nSPS) is 12.5. The number of methoxy groups -OCH3 is 3. The van der Waals surface area contributed by atoms with E-state index in [0.29, 0.717) is 22.8 Å². The third-order valence-electron chi connectivity index (χ3n) is 7.10. The number of carbonyl (C=O) groups is 2. The van der Waals surface area contributed by atoms with E-state index in [9.17, 15) is 18.0 Å². The van der Waals surface area contributed by atoms with Crippen molar-refractivity contribution in [2.75, 3.05) is 32.2 Å². The Bertz CT molecular complexity index is 1590. The Kier molecular flexibility index (Phi) is 12.2. The molecule has 238 valence electrons. The van der Waals surface area contributed by atoms with Crippen LogP contribution >= 0.6 is 23.2 Å². The maximum Gasteiger partial charge on any atom is 0.265 e. The molecule has 3 rings (SSSR count). The number of amides is 2. The van der Waals surface area contributed by atoms with Crippen LogP contribution in [0.25, 0.3) is 0 Å². The average molecular weight is 667 g/mol. The number of nitrogens with one attached hydrogen (secondary N) is 1. The number of benzene rings is 3. The molecule has 1 N–H and O–H groups in total. The van der Waals surface area contributed by atoms with Gasteiger partial charge in [0.2, 0.25) is 11.8 Å². The van der Waals surface area contributed by atoms with Crippen molar-refractivity contribution < 1.29 is 32.2 Å². The first kappa shape index (κ1) is 34.8.